The number of ether oxygens (including phenoxy) is 2. The first kappa shape index (κ1) is 24.8. The number of carbonyl (C=O) groups is 1. The lowest BCUT2D eigenvalue weighted by atomic mass is 10.1. The monoisotopic (exact) mass is 532 g/mol. The van der Waals surface area contributed by atoms with Crippen LogP contribution in [0.25, 0.3) is 0 Å². The Hall–Kier alpha value is -2.88. The maximum absolute atomic E-state index is 13.3. The molecule has 9 heteroatoms. The van der Waals surface area contributed by atoms with Gasteiger partial charge < -0.3 is 14.8 Å². The van der Waals surface area contributed by atoms with Gasteiger partial charge in [-0.15, -0.1) is 0 Å². The molecule has 3 aromatic carbocycles. The van der Waals surface area contributed by atoms with Crippen LogP contribution in [0.15, 0.2) is 82.2 Å². The highest BCUT2D eigenvalue weighted by Gasteiger charge is 2.27. The summed E-state index contributed by atoms with van der Waals surface area (Å²) in [5.74, 6) is 0.508. The summed E-state index contributed by atoms with van der Waals surface area (Å²) in [6.07, 6.45) is 0.468. The first-order valence-corrected chi connectivity index (χ1v) is 12.4. The number of nitrogens with one attached hydrogen (secondary N) is 1. The van der Waals surface area contributed by atoms with Crippen LogP contribution in [0.2, 0.25) is 0 Å². The van der Waals surface area contributed by atoms with Crippen LogP contribution in [0.4, 0.5) is 5.69 Å². The zero-order chi connectivity index (χ0) is 23.8. The molecule has 0 radical (unpaired) electrons. The Balaban J connectivity index is 1.82. The van der Waals surface area contributed by atoms with E-state index in [4.69, 9.17) is 9.47 Å². The molecule has 174 valence electrons. The number of halogens is 1. The molecule has 0 atom stereocenters. The molecule has 0 aliphatic carbocycles. The molecule has 0 unspecified atom stereocenters. The molecule has 3 aromatic rings. The Morgan fingerprint density at radius 3 is 2.30 bits per heavy atom. The highest BCUT2D eigenvalue weighted by Crippen LogP contribution is 2.29. The van der Waals surface area contributed by atoms with Crippen molar-refractivity contribution in [3.05, 3.63) is 82.8 Å². The number of anilines is 1. The number of hydrogen-bond donors (Lipinski definition) is 1. The maximum atomic E-state index is 13.3. The van der Waals surface area contributed by atoms with Crippen LogP contribution in [-0.2, 0) is 21.2 Å². The fourth-order valence-electron chi connectivity index (χ4n) is 3.19. The summed E-state index contributed by atoms with van der Waals surface area (Å²) in [6.45, 7) is -0.198. The van der Waals surface area contributed by atoms with Gasteiger partial charge in [0.15, 0.2) is 0 Å². The SMILES string of the molecule is COc1ccc(NC(=O)CN(CCc2ccccc2)S(=O)(=O)c2ccc(Br)cc2)c(OC)c1. The molecule has 0 spiro atoms. The number of sulfonamides is 1. The van der Waals surface area contributed by atoms with Gasteiger partial charge in [0.25, 0.3) is 0 Å². The van der Waals surface area contributed by atoms with E-state index in [1.807, 2.05) is 30.3 Å². The van der Waals surface area contributed by atoms with Crippen molar-refractivity contribution >= 4 is 37.5 Å². The smallest absolute Gasteiger partial charge is 0.243 e. The highest BCUT2D eigenvalue weighted by atomic mass is 79.9. The van der Waals surface area contributed by atoms with Gasteiger partial charge in [0.1, 0.15) is 11.5 Å². The predicted octanol–water partition coefficient (Wildman–Crippen LogP) is 4.34. The largest absolute Gasteiger partial charge is 0.497 e. The zero-order valence-electron chi connectivity index (χ0n) is 18.3. The predicted molar refractivity (Wildman–Crippen MR) is 131 cm³/mol. The lowest BCUT2D eigenvalue weighted by molar-refractivity contribution is -0.116. The summed E-state index contributed by atoms with van der Waals surface area (Å²) in [5, 5.41) is 2.74. The van der Waals surface area contributed by atoms with Crippen LogP contribution in [0.1, 0.15) is 5.56 Å². The zero-order valence-corrected chi connectivity index (χ0v) is 20.7. The third kappa shape index (κ3) is 6.56. The van der Waals surface area contributed by atoms with Gasteiger partial charge >= 0.3 is 0 Å². The third-order valence-electron chi connectivity index (χ3n) is 4.95. The van der Waals surface area contributed by atoms with E-state index in [9.17, 15) is 13.2 Å². The molecule has 0 fully saturated rings. The van der Waals surface area contributed by atoms with Crippen molar-refractivity contribution in [2.75, 3.05) is 32.6 Å². The van der Waals surface area contributed by atoms with Crippen LogP contribution >= 0.6 is 15.9 Å². The number of carbonyl (C=O) groups excluding carboxylic acids is 1. The molecule has 0 bridgehead atoms. The van der Waals surface area contributed by atoms with Gasteiger partial charge in [-0.1, -0.05) is 46.3 Å². The quantitative estimate of drug-likeness (QED) is 0.419. The minimum Gasteiger partial charge on any atom is -0.497 e. The Morgan fingerprint density at radius 2 is 1.67 bits per heavy atom. The van der Waals surface area contributed by atoms with Gasteiger partial charge in [-0.25, -0.2) is 8.42 Å². The van der Waals surface area contributed by atoms with Gasteiger partial charge in [0, 0.05) is 17.1 Å². The van der Waals surface area contributed by atoms with Crippen molar-refractivity contribution in [1.29, 1.82) is 0 Å². The fraction of sp³-hybridized carbons (Fsp3) is 0.208. The molecular formula is C24H25BrN2O5S. The number of hydrogen-bond acceptors (Lipinski definition) is 5. The van der Waals surface area contributed by atoms with Crippen LogP contribution in [0.3, 0.4) is 0 Å². The molecule has 0 aliphatic heterocycles. The van der Waals surface area contributed by atoms with Crippen molar-refractivity contribution in [3.63, 3.8) is 0 Å². The number of methoxy groups -OCH3 is 2. The van der Waals surface area contributed by atoms with E-state index in [1.165, 1.54) is 30.7 Å². The van der Waals surface area contributed by atoms with E-state index in [0.29, 0.717) is 23.6 Å². The third-order valence-corrected chi connectivity index (χ3v) is 7.33. The van der Waals surface area contributed by atoms with Crippen LogP contribution in [0, 0.1) is 0 Å². The number of benzene rings is 3. The Bertz CT molecular complexity index is 1190. The summed E-state index contributed by atoms with van der Waals surface area (Å²) in [5.41, 5.74) is 1.40. The van der Waals surface area contributed by atoms with E-state index >= 15 is 0 Å². The summed E-state index contributed by atoms with van der Waals surface area (Å²) >= 11 is 3.32. The molecule has 0 saturated heterocycles. The van der Waals surface area contributed by atoms with Crippen LogP contribution < -0.4 is 14.8 Å². The van der Waals surface area contributed by atoms with E-state index in [1.54, 1.807) is 30.3 Å². The summed E-state index contributed by atoms with van der Waals surface area (Å²) in [7, 11) is -0.888. The van der Waals surface area contributed by atoms with Gasteiger partial charge in [-0.3, -0.25) is 4.79 Å². The summed E-state index contributed by atoms with van der Waals surface area (Å²) in [4.78, 5) is 13.0. The maximum Gasteiger partial charge on any atom is 0.243 e. The van der Waals surface area contributed by atoms with Crippen molar-refractivity contribution < 1.29 is 22.7 Å². The standard InChI is InChI=1S/C24H25BrN2O5S/c1-31-20-10-13-22(23(16-20)32-2)26-24(28)17-27(15-14-18-6-4-3-5-7-18)33(29,30)21-11-8-19(25)9-12-21/h3-13,16H,14-15,17H2,1-2H3,(H,26,28). The molecule has 0 saturated carbocycles. The first-order valence-electron chi connectivity index (χ1n) is 10.1. The Labute approximate surface area is 202 Å². The van der Waals surface area contributed by atoms with Crippen LogP contribution in [0.5, 0.6) is 11.5 Å². The number of rotatable bonds is 10. The molecule has 0 aliphatic rings. The summed E-state index contributed by atoms with van der Waals surface area (Å²) in [6, 6.07) is 20.8. The molecule has 3 rings (SSSR count). The minimum absolute atomic E-state index is 0.119. The van der Waals surface area contributed by atoms with Gasteiger partial charge in [0.2, 0.25) is 15.9 Å². The molecule has 0 heterocycles. The normalized spacial score (nSPS) is 11.3. The van der Waals surface area contributed by atoms with E-state index in [2.05, 4.69) is 21.2 Å². The molecule has 7 nitrogen and oxygen atoms in total. The average Bonchev–Trinajstić information content (AvgIpc) is 2.82. The number of nitrogens with zero attached hydrogens (tertiary/aromatic N) is 1. The van der Waals surface area contributed by atoms with Crippen molar-refractivity contribution in [2.24, 2.45) is 0 Å². The lowest BCUT2D eigenvalue weighted by Gasteiger charge is -2.22. The fourth-order valence-corrected chi connectivity index (χ4v) is 4.85. The molecule has 1 amide bonds. The first-order chi connectivity index (χ1) is 15.8. The second-order valence-electron chi connectivity index (χ2n) is 7.14. The lowest BCUT2D eigenvalue weighted by Crippen LogP contribution is -2.39. The Morgan fingerprint density at radius 1 is 0.970 bits per heavy atom. The van der Waals surface area contributed by atoms with E-state index in [0.717, 1.165) is 10.0 Å². The average molecular weight is 533 g/mol. The van der Waals surface area contributed by atoms with Gasteiger partial charge in [-0.05, 0) is 48.4 Å². The van der Waals surface area contributed by atoms with Gasteiger partial charge in [0.05, 0.1) is 31.3 Å². The number of amides is 1. The Kier molecular flexibility index (Phi) is 8.49. The minimum atomic E-state index is -3.90. The van der Waals surface area contributed by atoms with Crippen LogP contribution in [-0.4, -0.2) is 45.9 Å². The van der Waals surface area contributed by atoms with Gasteiger partial charge in [-0.2, -0.15) is 4.31 Å². The summed E-state index contributed by atoms with van der Waals surface area (Å²) < 4.78 is 39.1. The second-order valence-corrected chi connectivity index (χ2v) is 10.00. The van der Waals surface area contributed by atoms with Crippen molar-refractivity contribution in [1.82, 2.24) is 4.31 Å². The molecule has 33 heavy (non-hydrogen) atoms. The van der Waals surface area contributed by atoms with E-state index < -0.39 is 15.9 Å². The van der Waals surface area contributed by atoms with E-state index in [-0.39, 0.29) is 18.0 Å². The topological polar surface area (TPSA) is 84.9 Å². The van der Waals surface area contributed by atoms with Crippen molar-refractivity contribution in [2.45, 2.75) is 11.3 Å². The van der Waals surface area contributed by atoms with Crippen molar-refractivity contribution in [3.8, 4) is 11.5 Å². The highest BCUT2D eigenvalue weighted by molar-refractivity contribution is 9.10. The molecular weight excluding hydrogens is 508 g/mol. The molecule has 1 N–H and O–H groups in total. The second kappa shape index (κ2) is 11.3. The molecule has 0 aromatic heterocycles.